The van der Waals surface area contributed by atoms with Gasteiger partial charge in [0.25, 0.3) is 5.91 Å². The van der Waals surface area contributed by atoms with Gasteiger partial charge in [-0.1, -0.05) is 60.1 Å². The van der Waals surface area contributed by atoms with Gasteiger partial charge in [0.1, 0.15) is 12.1 Å². The highest BCUT2D eigenvalue weighted by Crippen LogP contribution is 2.33. The fourth-order valence-electron chi connectivity index (χ4n) is 3.76. The maximum absolute atomic E-state index is 13.2. The lowest BCUT2D eigenvalue weighted by molar-refractivity contribution is -0.133. The van der Waals surface area contributed by atoms with E-state index in [1.54, 1.807) is 32.0 Å². The van der Waals surface area contributed by atoms with Gasteiger partial charge in [-0.15, -0.1) is 0 Å². The first-order valence-electron chi connectivity index (χ1n) is 9.48. The summed E-state index contributed by atoms with van der Waals surface area (Å²) in [6.45, 7) is 3.05. The topological polar surface area (TPSA) is 78.5 Å². The Bertz CT molecular complexity index is 1190. The number of halogens is 1. The Morgan fingerprint density at radius 3 is 2.57 bits per heavy atom. The van der Waals surface area contributed by atoms with Crippen LogP contribution in [0, 0.1) is 6.92 Å². The van der Waals surface area contributed by atoms with Gasteiger partial charge in [0.15, 0.2) is 0 Å². The van der Waals surface area contributed by atoms with Gasteiger partial charge >= 0.3 is 6.03 Å². The molecule has 0 aliphatic carbocycles. The second kappa shape index (κ2) is 7.46. The molecule has 0 saturated carbocycles. The highest BCUT2D eigenvalue weighted by molar-refractivity contribution is 6.31. The Morgan fingerprint density at radius 1 is 1.07 bits per heavy atom. The van der Waals surface area contributed by atoms with Crippen LogP contribution in [0.25, 0.3) is 10.8 Å². The molecule has 3 aromatic rings. The molecule has 2 N–H and O–H groups in total. The smallest absolute Gasteiger partial charge is 0.324 e. The summed E-state index contributed by atoms with van der Waals surface area (Å²) in [7, 11) is 0. The van der Waals surface area contributed by atoms with E-state index in [0.717, 1.165) is 15.7 Å². The maximum Gasteiger partial charge on any atom is 0.325 e. The van der Waals surface area contributed by atoms with E-state index < -0.39 is 29.9 Å². The van der Waals surface area contributed by atoms with E-state index in [2.05, 4.69) is 10.6 Å². The number of rotatable bonds is 4. The van der Waals surface area contributed by atoms with Crippen molar-refractivity contribution >= 4 is 45.9 Å². The maximum atomic E-state index is 13.2. The first-order valence-corrected chi connectivity index (χ1v) is 9.86. The lowest BCUT2D eigenvalue weighted by Crippen LogP contribution is -2.42. The van der Waals surface area contributed by atoms with Gasteiger partial charge in [-0.05, 0) is 47.9 Å². The van der Waals surface area contributed by atoms with Crippen LogP contribution >= 0.6 is 11.6 Å². The van der Waals surface area contributed by atoms with Gasteiger partial charge in [0, 0.05) is 10.7 Å². The number of hydrogen-bond acceptors (Lipinski definition) is 3. The second-order valence-corrected chi connectivity index (χ2v) is 7.84. The number of fused-ring (bicyclic) bond motifs is 1. The third kappa shape index (κ3) is 3.29. The number of hydrogen-bond donors (Lipinski definition) is 2. The van der Waals surface area contributed by atoms with E-state index in [1.165, 1.54) is 0 Å². The summed E-state index contributed by atoms with van der Waals surface area (Å²) < 4.78 is 0. The monoisotopic (exact) mass is 421 g/mol. The van der Waals surface area contributed by atoms with Crippen molar-refractivity contribution in [3.63, 3.8) is 0 Å². The first kappa shape index (κ1) is 19.9. The van der Waals surface area contributed by atoms with E-state index in [1.807, 2.05) is 42.5 Å². The molecule has 1 aliphatic rings. The average molecular weight is 422 g/mol. The number of benzene rings is 3. The number of nitrogens with zero attached hydrogens (tertiary/aromatic N) is 1. The van der Waals surface area contributed by atoms with Gasteiger partial charge < -0.3 is 10.6 Å². The lowest BCUT2D eigenvalue weighted by atomic mass is 9.88. The van der Waals surface area contributed by atoms with Crippen LogP contribution in [0.5, 0.6) is 0 Å². The number of carbonyl (C=O) groups excluding carboxylic acids is 3. The zero-order valence-electron chi connectivity index (χ0n) is 16.5. The molecule has 0 bridgehead atoms. The summed E-state index contributed by atoms with van der Waals surface area (Å²) in [5.74, 6) is -0.951. The molecule has 1 aliphatic heterocycles. The summed E-state index contributed by atoms with van der Waals surface area (Å²) in [5, 5.41) is 7.84. The molecule has 1 heterocycles. The van der Waals surface area contributed by atoms with Crippen LogP contribution in [0.4, 0.5) is 10.5 Å². The fourth-order valence-corrected chi connectivity index (χ4v) is 3.94. The molecular weight excluding hydrogens is 402 g/mol. The van der Waals surface area contributed by atoms with Gasteiger partial charge in [-0.25, -0.2) is 4.79 Å². The Balaban J connectivity index is 1.59. The molecular formula is C23H20ClN3O3. The number of nitrogens with one attached hydrogen (secondary N) is 2. The van der Waals surface area contributed by atoms with E-state index in [4.69, 9.17) is 11.6 Å². The molecule has 30 heavy (non-hydrogen) atoms. The van der Waals surface area contributed by atoms with Crippen molar-refractivity contribution in [1.82, 2.24) is 10.2 Å². The molecule has 1 fully saturated rings. The summed E-state index contributed by atoms with van der Waals surface area (Å²) >= 11 is 6.09. The van der Waals surface area contributed by atoms with E-state index in [-0.39, 0.29) is 0 Å². The molecule has 4 amide bonds. The Morgan fingerprint density at radius 2 is 1.77 bits per heavy atom. The van der Waals surface area contributed by atoms with Crippen molar-refractivity contribution in [2.45, 2.75) is 19.4 Å². The Kier molecular flexibility index (Phi) is 4.95. The summed E-state index contributed by atoms with van der Waals surface area (Å²) in [6, 6.07) is 17.8. The van der Waals surface area contributed by atoms with Crippen molar-refractivity contribution < 1.29 is 14.4 Å². The number of amides is 4. The van der Waals surface area contributed by atoms with E-state index in [9.17, 15) is 14.4 Å². The van der Waals surface area contributed by atoms with Crippen molar-refractivity contribution in [3.8, 4) is 0 Å². The molecule has 0 aromatic heterocycles. The van der Waals surface area contributed by atoms with Gasteiger partial charge in [0.2, 0.25) is 5.91 Å². The first-order chi connectivity index (χ1) is 14.3. The van der Waals surface area contributed by atoms with Gasteiger partial charge in [-0.3, -0.25) is 14.5 Å². The molecule has 3 aromatic carbocycles. The molecule has 0 spiro atoms. The SMILES string of the molecule is Cc1c(Cl)cccc1NC(=O)CN1C(=O)NC(C)(c2cccc3ccccc23)C1=O. The van der Waals surface area contributed by atoms with Crippen LogP contribution in [-0.2, 0) is 15.1 Å². The number of imide groups is 1. The van der Waals surface area contributed by atoms with Crippen LogP contribution < -0.4 is 10.6 Å². The predicted octanol–water partition coefficient (Wildman–Crippen LogP) is 4.21. The lowest BCUT2D eigenvalue weighted by Gasteiger charge is -2.24. The Labute approximate surface area is 178 Å². The van der Waals surface area contributed by atoms with Crippen LogP contribution in [0.1, 0.15) is 18.1 Å². The quantitative estimate of drug-likeness (QED) is 0.619. The molecule has 1 saturated heterocycles. The predicted molar refractivity (Wildman–Crippen MR) is 116 cm³/mol. The standard InChI is InChI=1S/C23H20ClN3O3/c1-14-18(24)11-6-12-19(14)25-20(28)13-27-21(29)23(2,26-22(27)30)17-10-5-8-15-7-3-4-9-16(15)17/h3-12H,13H2,1-2H3,(H,25,28)(H,26,30). The zero-order valence-corrected chi connectivity index (χ0v) is 17.3. The molecule has 152 valence electrons. The van der Waals surface area contributed by atoms with Crippen molar-refractivity contribution in [2.75, 3.05) is 11.9 Å². The number of carbonyl (C=O) groups is 3. The largest absolute Gasteiger partial charge is 0.325 e. The number of urea groups is 1. The summed E-state index contributed by atoms with van der Waals surface area (Å²) in [5.41, 5.74) is 0.679. The molecule has 4 rings (SSSR count). The minimum atomic E-state index is -1.26. The van der Waals surface area contributed by atoms with Crippen molar-refractivity contribution in [3.05, 3.63) is 76.8 Å². The normalized spacial score (nSPS) is 18.6. The Hall–Kier alpha value is -3.38. The zero-order chi connectivity index (χ0) is 21.5. The van der Waals surface area contributed by atoms with E-state index >= 15 is 0 Å². The minimum absolute atomic E-state index is 0.392. The van der Waals surface area contributed by atoms with Crippen LogP contribution in [0.15, 0.2) is 60.7 Å². The molecule has 0 radical (unpaired) electrons. The third-order valence-electron chi connectivity index (χ3n) is 5.45. The van der Waals surface area contributed by atoms with Gasteiger partial charge in [-0.2, -0.15) is 0 Å². The molecule has 1 atom stereocenters. The van der Waals surface area contributed by atoms with Crippen LogP contribution in [0.3, 0.4) is 0 Å². The fraction of sp³-hybridized carbons (Fsp3) is 0.174. The third-order valence-corrected chi connectivity index (χ3v) is 5.86. The van der Waals surface area contributed by atoms with E-state index in [0.29, 0.717) is 21.8 Å². The summed E-state index contributed by atoms with van der Waals surface area (Å²) in [6.07, 6.45) is 0. The van der Waals surface area contributed by atoms with Crippen LogP contribution in [-0.4, -0.2) is 29.3 Å². The molecule has 6 nitrogen and oxygen atoms in total. The average Bonchev–Trinajstić information content (AvgIpc) is 2.95. The minimum Gasteiger partial charge on any atom is -0.324 e. The second-order valence-electron chi connectivity index (χ2n) is 7.43. The highest BCUT2D eigenvalue weighted by Gasteiger charge is 2.50. The van der Waals surface area contributed by atoms with Crippen molar-refractivity contribution in [1.29, 1.82) is 0 Å². The molecule has 7 heteroatoms. The highest BCUT2D eigenvalue weighted by atomic mass is 35.5. The summed E-state index contributed by atoms with van der Waals surface area (Å²) in [4.78, 5) is 39.3. The molecule has 1 unspecified atom stereocenters. The van der Waals surface area contributed by atoms with Crippen LogP contribution in [0.2, 0.25) is 5.02 Å². The number of anilines is 1. The van der Waals surface area contributed by atoms with Crippen molar-refractivity contribution in [2.24, 2.45) is 0 Å². The van der Waals surface area contributed by atoms with Gasteiger partial charge in [0.05, 0.1) is 0 Å².